The van der Waals surface area contributed by atoms with Crippen LogP contribution in [0.15, 0.2) is 42.5 Å². The Hall–Kier alpha value is -2.29. The van der Waals surface area contributed by atoms with Gasteiger partial charge in [0, 0.05) is 24.8 Å². The predicted octanol–water partition coefficient (Wildman–Crippen LogP) is 3.30. The fourth-order valence-electron chi connectivity index (χ4n) is 2.98. The lowest BCUT2D eigenvalue weighted by atomic mass is 10.1. The van der Waals surface area contributed by atoms with E-state index in [-0.39, 0.29) is 11.9 Å². The lowest BCUT2D eigenvalue weighted by molar-refractivity contribution is -0.118. The molecule has 2 aromatic carbocycles. The zero-order chi connectivity index (χ0) is 15.0. The molecule has 0 radical (unpaired) electrons. The fourth-order valence-corrected chi connectivity index (χ4v) is 2.98. The van der Waals surface area contributed by atoms with Crippen LogP contribution in [0.4, 0.5) is 11.4 Å². The van der Waals surface area contributed by atoms with E-state index in [1.165, 1.54) is 11.1 Å². The molecule has 2 aromatic rings. The number of nitrogens with one attached hydrogen (secondary N) is 1. The summed E-state index contributed by atoms with van der Waals surface area (Å²) >= 11 is 0. The molecular formula is C18H20N2O. The van der Waals surface area contributed by atoms with E-state index in [1.54, 1.807) is 4.90 Å². The van der Waals surface area contributed by atoms with E-state index in [0.717, 1.165) is 23.4 Å². The second kappa shape index (κ2) is 5.24. The van der Waals surface area contributed by atoms with Crippen LogP contribution in [0.2, 0.25) is 0 Å². The molecule has 0 saturated heterocycles. The van der Waals surface area contributed by atoms with Crippen molar-refractivity contribution in [3.05, 3.63) is 59.2 Å². The summed E-state index contributed by atoms with van der Waals surface area (Å²) in [7, 11) is 1.85. The van der Waals surface area contributed by atoms with Crippen molar-refractivity contribution in [1.29, 1.82) is 0 Å². The number of rotatable bonds is 2. The maximum Gasteiger partial charge on any atom is 0.249 e. The quantitative estimate of drug-likeness (QED) is 0.915. The van der Waals surface area contributed by atoms with Gasteiger partial charge in [-0.25, -0.2) is 0 Å². The van der Waals surface area contributed by atoms with Gasteiger partial charge >= 0.3 is 0 Å². The first-order valence-corrected chi connectivity index (χ1v) is 7.25. The van der Waals surface area contributed by atoms with Crippen LogP contribution in [0, 0.1) is 13.8 Å². The minimum absolute atomic E-state index is 0.109. The molecule has 1 aliphatic heterocycles. The van der Waals surface area contributed by atoms with Gasteiger partial charge in [-0.3, -0.25) is 4.79 Å². The van der Waals surface area contributed by atoms with Crippen molar-refractivity contribution in [2.24, 2.45) is 0 Å². The third kappa shape index (κ3) is 2.51. The van der Waals surface area contributed by atoms with E-state index in [4.69, 9.17) is 0 Å². The second-order valence-corrected chi connectivity index (χ2v) is 5.75. The monoisotopic (exact) mass is 280 g/mol. The number of hydrogen-bond acceptors (Lipinski definition) is 2. The largest absolute Gasteiger partial charge is 0.373 e. The lowest BCUT2D eigenvalue weighted by Gasteiger charge is -2.23. The molecule has 3 rings (SSSR count). The van der Waals surface area contributed by atoms with Crippen molar-refractivity contribution in [2.75, 3.05) is 17.3 Å². The van der Waals surface area contributed by atoms with E-state index in [1.807, 2.05) is 44.3 Å². The normalized spacial score (nSPS) is 16.2. The summed E-state index contributed by atoms with van der Waals surface area (Å²) in [6.45, 7) is 4.11. The summed E-state index contributed by atoms with van der Waals surface area (Å²) in [6, 6.07) is 14.1. The Kier molecular flexibility index (Phi) is 3.42. The molecular weight excluding hydrogens is 260 g/mol. The van der Waals surface area contributed by atoms with Gasteiger partial charge in [0.25, 0.3) is 0 Å². The standard InChI is InChI=1S/C18H20N2O/c1-12-8-9-17(13(2)10-12)20(3)18(21)16-11-14-6-4-5-7-15(14)19-16/h4-10,16,19H,11H2,1-3H3/t16-/m0/s1. The molecule has 3 heteroatoms. The topological polar surface area (TPSA) is 32.3 Å². The molecule has 0 saturated carbocycles. The van der Waals surface area contributed by atoms with Gasteiger partial charge in [0.2, 0.25) is 5.91 Å². The molecule has 0 fully saturated rings. The van der Waals surface area contributed by atoms with Crippen LogP contribution >= 0.6 is 0 Å². The average molecular weight is 280 g/mol. The molecule has 1 aliphatic rings. The number of likely N-dealkylation sites (N-methyl/N-ethyl adjacent to an activating group) is 1. The summed E-state index contributed by atoms with van der Waals surface area (Å²) in [5, 5.41) is 3.32. The number of hydrogen-bond donors (Lipinski definition) is 1. The zero-order valence-electron chi connectivity index (χ0n) is 12.7. The maximum absolute atomic E-state index is 12.7. The van der Waals surface area contributed by atoms with E-state index < -0.39 is 0 Å². The van der Waals surface area contributed by atoms with Gasteiger partial charge in [-0.05, 0) is 37.1 Å². The molecule has 0 unspecified atom stereocenters. The van der Waals surface area contributed by atoms with E-state index in [2.05, 4.69) is 24.4 Å². The van der Waals surface area contributed by atoms with Crippen LogP contribution in [-0.2, 0) is 11.2 Å². The molecule has 21 heavy (non-hydrogen) atoms. The van der Waals surface area contributed by atoms with Gasteiger partial charge in [-0.15, -0.1) is 0 Å². The summed E-state index contributed by atoms with van der Waals surface area (Å²) in [5.41, 5.74) is 5.60. The van der Waals surface area contributed by atoms with Gasteiger partial charge in [0.1, 0.15) is 6.04 Å². The molecule has 0 aliphatic carbocycles. The van der Waals surface area contributed by atoms with Crippen molar-refractivity contribution < 1.29 is 4.79 Å². The van der Waals surface area contributed by atoms with E-state index in [0.29, 0.717) is 0 Å². The highest BCUT2D eigenvalue weighted by atomic mass is 16.2. The maximum atomic E-state index is 12.7. The van der Waals surface area contributed by atoms with Gasteiger partial charge < -0.3 is 10.2 Å². The van der Waals surface area contributed by atoms with Crippen molar-refractivity contribution in [3.8, 4) is 0 Å². The highest BCUT2D eigenvalue weighted by Gasteiger charge is 2.29. The smallest absolute Gasteiger partial charge is 0.249 e. The Morgan fingerprint density at radius 1 is 1.19 bits per heavy atom. The Balaban J connectivity index is 1.80. The molecule has 1 atom stereocenters. The first-order valence-electron chi connectivity index (χ1n) is 7.25. The van der Waals surface area contributed by atoms with Gasteiger partial charge in [0.15, 0.2) is 0 Å². The Labute approximate surface area is 125 Å². The number of amides is 1. The van der Waals surface area contributed by atoms with Gasteiger partial charge in [0.05, 0.1) is 0 Å². The summed E-state index contributed by atoms with van der Waals surface area (Å²) in [6.07, 6.45) is 0.754. The highest BCUT2D eigenvalue weighted by Crippen LogP contribution is 2.28. The fraction of sp³-hybridized carbons (Fsp3) is 0.278. The zero-order valence-corrected chi connectivity index (χ0v) is 12.7. The Bertz CT molecular complexity index is 668. The predicted molar refractivity (Wildman–Crippen MR) is 86.9 cm³/mol. The van der Waals surface area contributed by atoms with Crippen molar-refractivity contribution in [1.82, 2.24) is 0 Å². The van der Waals surface area contributed by atoms with Crippen molar-refractivity contribution in [3.63, 3.8) is 0 Å². The van der Waals surface area contributed by atoms with Crippen LogP contribution < -0.4 is 10.2 Å². The molecule has 1 heterocycles. The number of anilines is 2. The van der Waals surface area contributed by atoms with Crippen LogP contribution in [0.1, 0.15) is 16.7 Å². The van der Waals surface area contributed by atoms with E-state index >= 15 is 0 Å². The molecule has 108 valence electrons. The highest BCUT2D eigenvalue weighted by molar-refractivity contribution is 6.00. The third-order valence-electron chi connectivity index (χ3n) is 4.11. The summed E-state index contributed by atoms with van der Waals surface area (Å²) in [4.78, 5) is 14.5. The van der Waals surface area contributed by atoms with Gasteiger partial charge in [-0.1, -0.05) is 35.9 Å². The van der Waals surface area contributed by atoms with Crippen LogP contribution in [0.5, 0.6) is 0 Å². The number of benzene rings is 2. The molecule has 0 spiro atoms. The number of carbonyl (C=O) groups is 1. The summed E-state index contributed by atoms with van der Waals surface area (Å²) < 4.78 is 0. The van der Waals surface area contributed by atoms with Crippen molar-refractivity contribution >= 4 is 17.3 Å². The van der Waals surface area contributed by atoms with E-state index in [9.17, 15) is 4.79 Å². The number of carbonyl (C=O) groups excluding carboxylic acids is 1. The number of para-hydroxylation sites is 1. The van der Waals surface area contributed by atoms with Crippen molar-refractivity contribution in [2.45, 2.75) is 26.3 Å². The molecule has 0 bridgehead atoms. The minimum atomic E-state index is -0.173. The Morgan fingerprint density at radius 2 is 1.95 bits per heavy atom. The molecule has 3 nitrogen and oxygen atoms in total. The minimum Gasteiger partial charge on any atom is -0.373 e. The second-order valence-electron chi connectivity index (χ2n) is 5.75. The summed E-state index contributed by atoms with van der Waals surface area (Å²) in [5.74, 6) is 0.109. The number of nitrogens with zero attached hydrogens (tertiary/aromatic N) is 1. The van der Waals surface area contributed by atoms with Crippen LogP contribution in [0.3, 0.4) is 0 Å². The number of fused-ring (bicyclic) bond motifs is 1. The average Bonchev–Trinajstić information content (AvgIpc) is 2.89. The SMILES string of the molecule is Cc1ccc(N(C)C(=O)[C@@H]2Cc3ccccc3N2)c(C)c1. The number of aryl methyl sites for hydroxylation is 2. The molecule has 1 N–H and O–H groups in total. The van der Waals surface area contributed by atoms with Crippen LogP contribution in [0.25, 0.3) is 0 Å². The first-order chi connectivity index (χ1) is 10.1. The lowest BCUT2D eigenvalue weighted by Crippen LogP contribution is -2.40. The molecule has 0 aromatic heterocycles. The van der Waals surface area contributed by atoms with Gasteiger partial charge in [-0.2, -0.15) is 0 Å². The first kappa shape index (κ1) is 13.7. The third-order valence-corrected chi connectivity index (χ3v) is 4.11. The van der Waals surface area contributed by atoms with Crippen LogP contribution in [-0.4, -0.2) is 19.0 Å². The molecule has 1 amide bonds. The Morgan fingerprint density at radius 3 is 2.67 bits per heavy atom.